The van der Waals surface area contributed by atoms with E-state index in [1.807, 2.05) is 12.1 Å². The summed E-state index contributed by atoms with van der Waals surface area (Å²) < 4.78 is 6.11. The summed E-state index contributed by atoms with van der Waals surface area (Å²) in [5.41, 5.74) is 0.118. The summed E-state index contributed by atoms with van der Waals surface area (Å²) in [4.78, 5) is 22.9. The number of halogens is 1. The molecule has 1 aromatic carbocycles. The van der Waals surface area contributed by atoms with Crippen LogP contribution < -0.4 is 10.6 Å². The third-order valence-electron chi connectivity index (χ3n) is 1.92. The van der Waals surface area contributed by atoms with E-state index in [0.29, 0.717) is 5.69 Å². The molecule has 0 radical (unpaired) electrons. The third kappa shape index (κ3) is 7.00. The second-order valence-electron chi connectivity index (χ2n) is 4.91. The lowest BCUT2D eigenvalue weighted by Gasteiger charge is -2.19. The zero-order valence-electron chi connectivity index (χ0n) is 11.1. The van der Waals surface area contributed by atoms with Crippen molar-refractivity contribution in [2.45, 2.75) is 26.4 Å². The molecule has 1 rings (SSSR count). The first-order valence-corrected chi connectivity index (χ1v) is 6.86. The largest absolute Gasteiger partial charge is 0.444 e. The Hall–Kier alpha value is -1.31. The van der Waals surface area contributed by atoms with Crippen LogP contribution in [0.1, 0.15) is 20.8 Å². The van der Waals surface area contributed by atoms with Gasteiger partial charge in [-0.2, -0.15) is 0 Å². The summed E-state index contributed by atoms with van der Waals surface area (Å²) in [6.07, 6.45) is -0.606. The van der Waals surface area contributed by atoms with Crippen LogP contribution in [0.3, 0.4) is 0 Å². The molecule has 0 aromatic heterocycles. The molecule has 6 heteroatoms. The zero-order chi connectivity index (χ0) is 14.5. The Bertz CT molecular complexity index is 452. The molecule has 0 unspecified atom stereocenters. The zero-order valence-corrected chi connectivity index (χ0v) is 13.3. The smallest absolute Gasteiger partial charge is 0.408 e. The van der Waals surface area contributed by atoms with E-state index >= 15 is 0 Å². The van der Waals surface area contributed by atoms with Gasteiger partial charge in [0.1, 0.15) is 12.1 Å². The number of benzene rings is 1. The molecule has 2 N–H and O–H groups in total. The van der Waals surface area contributed by atoms with Crippen LogP contribution in [0, 0.1) is 3.57 Å². The van der Waals surface area contributed by atoms with E-state index in [2.05, 4.69) is 33.2 Å². The summed E-state index contributed by atoms with van der Waals surface area (Å²) in [7, 11) is 0. The van der Waals surface area contributed by atoms with Crippen LogP contribution in [0.15, 0.2) is 24.3 Å². The molecule has 2 amide bonds. The molecule has 0 saturated carbocycles. The highest BCUT2D eigenvalue weighted by Crippen LogP contribution is 2.10. The van der Waals surface area contributed by atoms with Gasteiger partial charge in [0.25, 0.3) is 0 Å². The fourth-order valence-electron chi connectivity index (χ4n) is 1.21. The maximum absolute atomic E-state index is 11.6. The van der Waals surface area contributed by atoms with Crippen LogP contribution in [0.2, 0.25) is 0 Å². The van der Waals surface area contributed by atoms with Gasteiger partial charge in [0, 0.05) is 9.26 Å². The van der Waals surface area contributed by atoms with Crippen molar-refractivity contribution in [2.24, 2.45) is 0 Å². The van der Waals surface area contributed by atoms with Crippen molar-refractivity contribution in [3.05, 3.63) is 27.8 Å². The Labute approximate surface area is 126 Å². The number of rotatable bonds is 3. The molecule has 19 heavy (non-hydrogen) atoms. The van der Waals surface area contributed by atoms with Crippen molar-refractivity contribution in [2.75, 3.05) is 11.9 Å². The van der Waals surface area contributed by atoms with Crippen LogP contribution >= 0.6 is 22.6 Å². The SMILES string of the molecule is CC(C)(C)OC(=O)NCC(=O)Nc1ccc(I)cc1. The maximum Gasteiger partial charge on any atom is 0.408 e. The number of hydrogen-bond donors (Lipinski definition) is 2. The predicted molar refractivity (Wildman–Crippen MR) is 82.0 cm³/mol. The second-order valence-corrected chi connectivity index (χ2v) is 6.16. The Morgan fingerprint density at radius 3 is 2.32 bits per heavy atom. The monoisotopic (exact) mass is 376 g/mol. The van der Waals surface area contributed by atoms with Crippen molar-refractivity contribution in [1.29, 1.82) is 0 Å². The van der Waals surface area contributed by atoms with Crippen molar-refractivity contribution in [1.82, 2.24) is 5.32 Å². The molecule has 0 aliphatic carbocycles. The van der Waals surface area contributed by atoms with E-state index in [1.165, 1.54) is 0 Å². The Kier molecular flexibility index (Phi) is 5.59. The number of alkyl carbamates (subject to hydrolysis) is 1. The number of amides is 2. The molecule has 0 saturated heterocycles. The molecule has 0 atom stereocenters. The molecule has 104 valence electrons. The van der Waals surface area contributed by atoms with Crippen molar-refractivity contribution >= 4 is 40.3 Å². The fourth-order valence-corrected chi connectivity index (χ4v) is 1.56. The summed E-state index contributed by atoms with van der Waals surface area (Å²) in [5, 5.41) is 5.07. The van der Waals surface area contributed by atoms with Gasteiger partial charge in [0.15, 0.2) is 0 Å². The minimum Gasteiger partial charge on any atom is -0.444 e. The van der Waals surface area contributed by atoms with Gasteiger partial charge in [-0.25, -0.2) is 4.79 Å². The van der Waals surface area contributed by atoms with Gasteiger partial charge in [0.05, 0.1) is 0 Å². The lowest BCUT2D eigenvalue weighted by molar-refractivity contribution is -0.115. The predicted octanol–water partition coefficient (Wildman–Crippen LogP) is 2.75. The summed E-state index contributed by atoms with van der Waals surface area (Å²) in [6.45, 7) is 5.16. The first kappa shape index (κ1) is 15.7. The molecule has 0 aliphatic heterocycles. The van der Waals surface area contributed by atoms with Crippen LogP contribution in [0.5, 0.6) is 0 Å². The Morgan fingerprint density at radius 1 is 1.21 bits per heavy atom. The average Bonchev–Trinajstić information content (AvgIpc) is 2.27. The van der Waals surface area contributed by atoms with E-state index in [0.717, 1.165) is 3.57 Å². The standard InChI is InChI=1S/C13H17IN2O3/c1-13(2,3)19-12(18)15-8-11(17)16-10-6-4-9(14)5-7-10/h4-7H,8H2,1-3H3,(H,15,18)(H,16,17). The Balaban J connectivity index is 2.36. The van der Waals surface area contributed by atoms with E-state index in [-0.39, 0.29) is 12.5 Å². The normalized spacial score (nSPS) is 10.7. The van der Waals surface area contributed by atoms with E-state index in [9.17, 15) is 9.59 Å². The molecule has 0 aliphatic rings. The molecule has 0 bridgehead atoms. The third-order valence-corrected chi connectivity index (χ3v) is 2.64. The van der Waals surface area contributed by atoms with Gasteiger partial charge in [-0.3, -0.25) is 4.79 Å². The number of ether oxygens (including phenoxy) is 1. The van der Waals surface area contributed by atoms with E-state index in [4.69, 9.17) is 4.74 Å². The number of carbonyl (C=O) groups excluding carboxylic acids is 2. The summed E-state index contributed by atoms with van der Waals surface area (Å²) in [5.74, 6) is -0.299. The highest BCUT2D eigenvalue weighted by molar-refractivity contribution is 14.1. The van der Waals surface area contributed by atoms with Crippen LogP contribution in [0.25, 0.3) is 0 Å². The lowest BCUT2D eigenvalue weighted by atomic mass is 10.2. The van der Waals surface area contributed by atoms with Crippen molar-refractivity contribution < 1.29 is 14.3 Å². The highest BCUT2D eigenvalue weighted by atomic mass is 127. The summed E-state index contributed by atoms with van der Waals surface area (Å²) >= 11 is 2.18. The molecule has 1 aromatic rings. The van der Waals surface area contributed by atoms with E-state index < -0.39 is 11.7 Å². The second kappa shape index (κ2) is 6.74. The summed E-state index contributed by atoms with van der Waals surface area (Å²) in [6, 6.07) is 7.37. The van der Waals surface area contributed by atoms with Crippen LogP contribution in [-0.2, 0) is 9.53 Å². The average molecular weight is 376 g/mol. The van der Waals surface area contributed by atoms with Gasteiger partial charge in [-0.15, -0.1) is 0 Å². The van der Waals surface area contributed by atoms with Crippen molar-refractivity contribution in [3.63, 3.8) is 0 Å². The maximum atomic E-state index is 11.6. The number of nitrogens with one attached hydrogen (secondary N) is 2. The van der Waals surface area contributed by atoms with Crippen LogP contribution in [-0.4, -0.2) is 24.1 Å². The van der Waals surface area contributed by atoms with E-state index in [1.54, 1.807) is 32.9 Å². The minimum absolute atomic E-state index is 0.124. The first-order valence-electron chi connectivity index (χ1n) is 5.78. The van der Waals surface area contributed by atoms with Gasteiger partial charge >= 0.3 is 6.09 Å². The van der Waals surface area contributed by atoms with Gasteiger partial charge in [-0.05, 0) is 67.6 Å². The number of carbonyl (C=O) groups is 2. The highest BCUT2D eigenvalue weighted by Gasteiger charge is 2.16. The number of hydrogen-bond acceptors (Lipinski definition) is 3. The van der Waals surface area contributed by atoms with Gasteiger partial charge in [0.2, 0.25) is 5.91 Å². The molecular weight excluding hydrogens is 359 g/mol. The van der Waals surface area contributed by atoms with Gasteiger partial charge < -0.3 is 15.4 Å². The molecule has 0 fully saturated rings. The molecular formula is C13H17IN2O3. The van der Waals surface area contributed by atoms with Gasteiger partial charge in [-0.1, -0.05) is 0 Å². The Morgan fingerprint density at radius 2 is 1.79 bits per heavy atom. The topological polar surface area (TPSA) is 67.4 Å². The van der Waals surface area contributed by atoms with Crippen molar-refractivity contribution in [3.8, 4) is 0 Å². The first-order chi connectivity index (χ1) is 8.76. The fraction of sp³-hybridized carbons (Fsp3) is 0.385. The molecule has 0 spiro atoms. The number of anilines is 1. The van der Waals surface area contributed by atoms with Crippen LogP contribution in [0.4, 0.5) is 10.5 Å². The molecule has 0 heterocycles. The minimum atomic E-state index is -0.606. The molecule has 5 nitrogen and oxygen atoms in total. The quantitative estimate of drug-likeness (QED) is 0.798. The lowest BCUT2D eigenvalue weighted by Crippen LogP contribution is -2.37.